The second-order valence-electron chi connectivity index (χ2n) is 3.55. The Kier molecular flexibility index (Phi) is 2.19. The number of hydrogen-bond acceptors (Lipinski definition) is 4. The third-order valence-corrected chi connectivity index (χ3v) is 2.49. The van der Waals surface area contributed by atoms with Crippen LogP contribution in [0.25, 0.3) is 0 Å². The van der Waals surface area contributed by atoms with Crippen molar-refractivity contribution in [2.75, 3.05) is 0 Å². The fraction of sp³-hybridized carbons (Fsp3) is 0.500. The minimum absolute atomic E-state index is 0.0918. The Labute approximate surface area is 82.8 Å². The first-order chi connectivity index (χ1) is 6.74. The lowest BCUT2D eigenvalue weighted by molar-refractivity contribution is -0.123. The highest BCUT2D eigenvalue weighted by Gasteiger charge is 2.41. The van der Waals surface area contributed by atoms with Gasteiger partial charge in [-0.15, -0.1) is 0 Å². The molecule has 3 N–H and O–H groups in total. The number of ether oxygens (including phenoxy) is 1. The maximum Gasteiger partial charge on any atom is 0.203 e. The third kappa shape index (κ3) is 1.27. The monoisotopic (exact) mass is 194 g/mol. The lowest BCUT2D eigenvalue weighted by atomic mass is 10.0. The van der Waals surface area contributed by atoms with E-state index in [1.165, 1.54) is 0 Å². The molecule has 0 aliphatic carbocycles. The molecule has 1 fully saturated rings. The van der Waals surface area contributed by atoms with E-state index in [1.54, 1.807) is 12.3 Å². The second-order valence-corrected chi connectivity index (χ2v) is 3.55. The molecule has 0 aromatic rings. The van der Waals surface area contributed by atoms with Crippen LogP contribution in [0.5, 0.6) is 0 Å². The molecule has 2 atom stereocenters. The van der Waals surface area contributed by atoms with Gasteiger partial charge in [0.25, 0.3) is 0 Å². The minimum Gasteiger partial charge on any atom is -0.482 e. The average molecular weight is 194 g/mol. The van der Waals surface area contributed by atoms with E-state index in [0.717, 1.165) is 12.8 Å². The molecule has 0 spiro atoms. The van der Waals surface area contributed by atoms with Crippen LogP contribution in [-0.2, 0) is 9.53 Å². The molecular weight excluding hydrogens is 180 g/mol. The molecule has 14 heavy (non-hydrogen) atoms. The number of nitrogens with one attached hydrogen (secondary N) is 1. The molecule has 0 bridgehead atoms. The van der Waals surface area contributed by atoms with Gasteiger partial charge in [-0.2, -0.15) is 0 Å². The van der Waals surface area contributed by atoms with Gasteiger partial charge in [-0.05, 0) is 18.7 Å². The number of rotatable bonds is 2. The number of fused-ring (bicyclic) bond motifs is 1. The van der Waals surface area contributed by atoms with Crippen LogP contribution < -0.4 is 11.1 Å². The Bertz CT molecular complexity index is 320. The quantitative estimate of drug-likeness (QED) is 0.668. The third-order valence-electron chi connectivity index (χ3n) is 2.49. The van der Waals surface area contributed by atoms with E-state index in [2.05, 4.69) is 5.32 Å². The number of dihydropyridines is 1. The molecular formula is C10H14N2O2. The van der Waals surface area contributed by atoms with Gasteiger partial charge in [0.1, 0.15) is 11.8 Å². The first-order valence-electron chi connectivity index (χ1n) is 4.86. The topological polar surface area (TPSA) is 64.3 Å². The van der Waals surface area contributed by atoms with Crippen LogP contribution in [0.2, 0.25) is 0 Å². The predicted octanol–water partition coefficient (Wildman–Crippen LogP) is 0.410. The van der Waals surface area contributed by atoms with Crippen LogP contribution in [0.4, 0.5) is 0 Å². The summed E-state index contributed by atoms with van der Waals surface area (Å²) in [6.07, 6.45) is 4.79. The first-order valence-corrected chi connectivity index (χ1v) is 4.86. The number of hydrogen-bond donors (Lipinski definition) is 2. The lowest BCUT2D eigenvalue weighted by Gasteiger charge is -2.14. The van der Waals surface area contributed by atoms with E-state index < -0.39 is 0 Å². The fourth-order valence-corrected chi connectivity index (χ4v) is 1.77. The Balaban J connectivity index is 2.22. The predicted molar refractivity (Wildman–Crippen MR) is 52.1 cm³/mol. The summed E-state index contributed by atoms with van der Waals surface area (Å²) in [5.41, 5.74) is 6.27. The zero-order valence-corrected chi connectivity index (χ0v) is 8.12. The molecule has 0 saturated carbocycles. The van der Waals surface area contributed by atoms with Crippen molar-refractivity contribution in [2.24, 2.45) is 5.73 Å². The molecule has 2 aliphatic rings. The van der Waals surface area contributed by atoms with Crippen molar-refractivity contribution in [3.05, 3.63) is 23.7 Å². The van der Waals surface area contributed by atoms with Crippen molar-refractivity contribution in [3.8, 4) is 0 Å². The van der Waals surface area contributed by atoms with Crippen LogP contribution >= 0.6 is 0 Å². The zero-order valence-electron chi connectivity index (χ0n) is 8.12. The molecule has 1 saturated heterocycles. The van der Waals surface area contributed by atoms with E-state index in [-0.39, 0.29) is 17.9 Å². The maximum atomic E-state index is 11.8. The summed E-state index contributed by atoms with van der Waals surface area (Å²) < 4.78 is 5.52. The van der Waals surface area contributed by atoms with E-state index in [9.17, 15) is 4.79 Å². The number of ketones is 1. The molecule has 0 aromatic heterocycles. The summed E-state index contributed by atoms with van der Waals surface area (Å²) in [7, 11) is 0. The second kappa shape index (κ2) is 3.36. The summed E-state index contributed by atoms with van der Waals surface area (Å²) in [6, 6.07) is -0.350. The van der Waals surface area contributed by atoms with Crippen molar-refractivity contribution >= 4 is 5.78 Å². The lowest BCUT2D eigenvalue weighted by Crippen LogP contribution is -2.36. The average Bonchev–Trinajstić information content (AvgIpc) is 2.48. The van der Waals surface area contributed by atoms with Gasteiger partial charge in [0.2, 0.25) is 5.78 Å². The first kappa shape index (κ1) is 9.12. The molecule has 2 unspecified atom stereocenters. The van der Waals surface area contributed by atoms with Crippen LogP contribution in [0.3, 0.4) is 0 Å². The van der Waals surface area contributed by atoms with Crippen LogP contribution in [0, 0.1) is 0 Å². The summed E-state index contributed by atoms with van der Waals surface area (Å²) in [6.45, 7) is 2.03. The SMILES string of the molecule is CCCC1OC2=C(N)C=CNC2C1=O. The molecule has 2 heterocycles. The fourth-order valence-electron chi connectivity index (χ4n) is 1.77. The Hall–Kier alpha value is -1.45. The van der Waals surface area contributed by atoms with Gasteiger partial charge in [0.15, 0.2) is 6.10 Å². The van der Waals surface area contributed by atoms with Gasteiger partial charge in [-0.25, -0.2) is 0 Å². The Morgan fingerprint density at radius 3 is 3.07 bits per heavy atom. The molecule has 2 rings (SSSR count). The summed E-state index contributed by atoms with van der Waals surface area (Å²) in [5, 5.41) is 2.96. The van der Waals surface area contributed by atoms with Gasteiger partial charge < -0.3 is 15.8 Å². The zero-order chi connectivity index (χ0) is 10.1. The van der Waals surface area contributed by atoms with Crippen LogP contribution in [0.15, 0.2) is 23.7 Å². The highest BCUT2D eigenvalue weighted by Crippen LogP contribution is 2.27. The highest BCUT2D eigenvalue weighted by molar-refractivity contribution is 5.93. The van der Waals surface area contributed by atoms with Gasteiger partial charge in [0, 0.05) is 0 Å². The van der Waals surface area contributed by atoms with Gasteiger partial charge >= 0.3 is 0 Å². The smallest absolute Gasteiger partial charge is 0.203 e. The highest BCUT2D eigenvalue weighted by atomic mass is 16.5. The molecule has 0 aromatic carbocycles. The van der Waals surface area contributed by atoms with E-state index in [1.807, 2.05) is 6.92 Å². The van der Waals surface area contributed by atoms with Gasteiger partial charge in [-0.1, -0.05) is 13.3 Å². The Morgan fingerprint density at radius 1 is 1.64 bits per heavy atom. The van der Waals surface area contributed by atoms with Crippen molar-refractivity contribution in [1.82, 2.24) is 5.32 Å². The van der Waals surface area contributed by atoms with Gasteiger partial charge in [0.05, 0.1) is 5.70 Å². The van der Waals surface area contributed by atoms with Crippen molar-refractivity contribution in [2.45, 2.75) is 31.9 Å². The van der Waals surface area contributed by atoms with Gasteiger partial charge in [-0.3, -0.25) is 4.79 Å². The maximum absolute atomic E-state index is 11.8. The molecule has 0 amide bonds. The normalized spacial score (nSPS) is 29.9. The van der Waals surface area contributed by atoms with Crippen LogP contribution in [-0.4, -0.2) is 17.9 Å². The molecule has 76 valence electrons. The van der Waals surface area contributed by atoms with E-state index in [4.69, 9.17) is 10.5 Å². The molecule has 4 nitrogen and oxygen atoms in total. The Morgan fingerprint density at radius 2 is 2.43 bits per heavy atom. The molecule has 2 aliphatic heterocycles. The van der Waals surface area contributed by atoms with Crippen molar-refractivity contribution < 1.29 is 9.53 Å². The summed E-state index contributed by atoms with van der Waals surface area (Å²) in [4.78, 5) is 11.8. The molecule has 0 radical (unpaired) electrons. The largest absolute Gasteiger partial charge is 0.482 e. The van der Waals surface area contributed by atoms with Crippen molar-refractivity contribution in [3.63, 3.8) is 0 Å². The number of carbonyl (C=O) groups is 1. The summed E-state index contributed by atoms with van der Waals surface area (Å²) in [5.74, 6) is 0.685. The van der Waals surface area contributed by atoms with E-state index in [0.29, 0.717) is 11.5 Å². The number of carbonyl (C=O) groups excluding carboxylic acids is 1. The van der Waals surface area contributed by atoms with E-state index >= 15 is 0 Å². The number of Topliss-reactive ketones (excluding diaryl/α,β-unsaturated/α-hetero) is 1. The molecule has 4 heteroatoms. The van der Waals surface area contributed by atoms with Crippen LogP contribution in [0.1, 0.15) is 19.8 Å². The number of allylic oxidation sites excluding steroid dienone is 1. The minimum atomic E-state index is -0.350. The number of nitrogens with two attached hydrogens (primary N) is 1. The van der Waals surface area contributed by atoms with Crippen molar-refractivity contribution in [1.29, 1.82) is 0 Å². The standard InChI is InChI=1S/C10H14N2O2/c1-2-3-7-9(13)8-10(14-7)6(11)4-5-12-8/h4-5,7-8,12H,2-3,11H2,1H3. The summed E-state index contributed by atoms with van der Waals surface area (Å²) >= 11 is 0.